The first-order valence-corrected chi connectivity index (χ1v) is 8.89. The van der Waals surface area contributed by atoms with Crippen LogP contribution in [0.15, 0.2) is 40.2 Å². The fourth-order valence-electron chi connectivity index (χ4n) is 1.62. The van der Waals surface area contributed by atoms with Gasteiger partial charge in [-0.05, 0) is 44.5 Å². The Bertz CT molecular complexity index is 514. The molecule has 2 aromatic rings. The fourth-order valence-corrected chi connectivity index (χ4v) is 3.46. The molecule has 0 spiro atoms. The minimum Gasteiger partial charge on any atom is -0.492 e. The van der Waals surface area contributed by atoms with Crippen LogP contribution in [-0.4, -0.2) is 22.9 Å². The summed E-state index contributed by atoms with van der Waals surface area (Å²) in [6.07, 6.45) is 3.08. The highest BCUT2D eigenvalue weighted by molar-refractivity contribution is 8.01. The van der Waals surface area contributed by atoms with Gasteiger partial charge in [0.05, 0.1) is 6.10 Å². The minimum atomic E-state index is 0.242. The van der Waals surface area contributed by atoms with Crippen molar-refractivity contribution in [3.05, 3.63) is 35.8 Å². The van der Waals surface area contributed by atoms with Crippen LogP contribution in [-0.2, 0) is 0 Å². The maximum atomic E-state index is 5.80. The van der Waals surface area contributed by atoms with E-state index in [1.807, 2.05) is 35.8 Å². The summed E-state index contributed by atoms with van der Waals surface area (Å²) in [5.74, 6) is 1.76. The third-order valence-electron chi connectivity index (χ3n) is 2.93. The Balaban J connectivity index is 1.77. The van der Waals surface area contributed by atoms with E-state index in [9.17, 15) is 0 Å². The lowest BCUT2D eigenvalue weighted by molar-refractivity contribution is 0.217. The number of thiazole rings is 1. The SMILES string of the molecule is CCC(C)Oc1ccc(OCC(C)Sc2nccs2)cc1. The molecule has 2 rings (SSSR count). The first kappa shape index (κ1) is 16.2. The number of nitrogens with zero attached hydrogens (tertiary/aromatic N) is 1. The molecule has 1 heterocycles. The second-order valence-corrected chi connectivity index (χ2v) is 7.43. The summed E-state index contributed by atoms with van der Waals surface area (Å²) >= 11 is 3.40. The van der Waals surface area contributed by atoms with Gasteiger partial charge in [-0.15, -0.1) is 11.3 Å². The molecule has 0 radical (unpaired) electrons. The molecule has 0 aliphatic carbocycles. The molecule has 0 aliphatic heterocycles. The molecule has 0 aliphatic rings. The number of rotatable bonds is 8. The van der Waals surface area contributed by atoms with Gasteiger partial charge in [-0.3, -0.25) is 0 Å². The monoisotopic (exact) mass is 323 g/mol. The minimum absolute atomic E-state index is 0.242. The Hall–Kier alpha value is -1.20. The van der Waals surface area contributed by atoms with Gasteiger partial charge in [0.1, 0.15) is 22.4 Å². The third-order valence-corrected chi connectivity index (χ3v) is 4.92. The van der Waals surface area contributed by atoms with Gasteiger partial charge in [0.2, 0.25) is 0 Å². The molecule has 0 saturated heterocycles. The van der Waals surface area contributed by atoms with Crippen molar-refractivity contribution >= 4 is 23.1 Å². The molecule has 1 aromatic heterocycles. The van der Waals surface area contributed by atoms with E-state index in [4.69, 9.17) is 9.47 Å². The molecule has 2 atom stereocenters. The third kappa shape index (κ3) is 5.59. The Morgan fingerprint density at radius 3 is 2.52 bits per heavy atom. The maximum absolute atomic E-state index is 5.80. The zero-order chi connectivity index (χ0) is 15.1. The Labute approximate surface area is 134 Å². The number of ether oxygens (including phenoxy) is 2. The van der Waals surface area contributed by atoms with Crippen LogP contribution in [0.2, 0.25) is 0 Å². The van der Waals surface area contributed by atoms with Crippen LogP contribution in [0, 0.1) is 0 Å². The standard InChI is InChI=1S/C16H21NO2S2/c1-4-12(2)19-15-7-5-14(6-8-15)18-11-13(3)21-16-17-9-10-20-16/h5-10,12-13H,4,11H2,1-3H3. The van der Waals surface area contributed by atoms with Crippen molar-refractivity contribution in [1.29, 1.82) is 0 Å². The van der Waals surface area contributed by atoms with Crippen LogP contribution in [0.25, 0.3) is 0 Å². The first-order chi connectivity index (χ1) is 10.2. The molecule has 21 heavy (non-hydrogen) atoms. The van der Waals surface area contributed by atoms with Crippen LogP contribution < -0.4 is 9.47 Å². The van der Waals surface area contributed by atoms with E-state index >= 15 is 0 Å². The molecular formula is C16H21NO2S2. The average Bonchev–Trinajstić information content (AvgIpc) is 2.99. The normalized spacial score (nSPS) is 13.7. The van der Waals surface area contributed by atoms with Gasteiger partial charge in [-0.25, -0.2) is 4.98 Å². The van der Waals surface area contributed by atoms with Crippen molar-refractivity contribution in [2.45, 2.75) is 42.9 Å². The van der Waals surface area contributed by atoms with Crippen LogP contribution in [0.5, 0.6) is 11.5 Å². The van der Waals surface area contributed by atoms with Crippen molar-refractivity contribution in [3.8, 4) is 11.5 Å². The summed E-state index contributed by atoms with van der Waals surface area (Å²) in [4.78, 5) is 4.27. The lowest BCUT2D eigenvalue weighted by atomic mass is 10.3. The Morgan fingerprint density at radius 1 is 1.19 bits per heavy atom. The smallest absolute Gasteiger partial charge is 0.150 e. The van der Waals surface area contributed by atoms with Crippen LogP contribution >= 0.6 is 23.1 Å². The highest BCUT2D eigenvalue weighted by Gasteiger charge is 2.08. The molecule has 1 aromatic carbocycles. The molecule has 2 unspecified atom stereocenters. The zero-order valence-corrected chi connectivity index (χ0v) is 14.2. The number of thioether (sulfide) groups is 1. The van der Waals surface area contributed by atoms with Crippen molar-refractivity contribution in [3.63, 3.8) is 0 Å². The molecule has 114 valence electrons. The summed E-state index contributed by atoms with van der Waals surface area (Å²) < 4.78 is 12.6. The Morgan fingerprint density at radius 2 is 1.90 bits per heavy atom. The number of benzene rings is 1. The maximum Gasteiger partial charge on any atom is 0.150 e. The van der Waals surface area contributed by atoms with E-state index in [0.717, 1.165) is 22.3 Å². The second-order valence-electron chi connectivity index (χ2n) is 4.85. The van der Waals surface area contributed by atoms with Gasteiger partial charge in [0, 0.05) is 16.8 Å². The first-order valence-electron chi connectivity index (χ1n) is 7.13. The highest BCUT2D eigenvalue weighted by Crippen LogP contribution is 2.26. The van der Waals surface area contributed by atoms with E-state index in [1.165, 1.54) is 0 Å². The molecule has 0 amide bonds. The van der Waals surface area contributed by atoms with Gasteiger partial charge in [0.25, 0.3) is 0 Å². The van der Waals surface area contributed by atoms with Crippen molar-refractivity contribution in [2.75, 3.05) is 6.61 Å². The second kappa shape index (κ2) is 8.29. The molecule has 3 nitrogen and oxygen atoms in total. The van der Waals surface area contributed by atoms with Crippen molar-refractivity contribution < 1.29 is 9.47 Å². The summed E-state index contributed by atoms with van der Waals surface area (Å²) in [5, 5.41) is 2.36. The van der Waals surface area contributed by atoms with E-state index in [0.29, 0.717) is 11.9 Å². The van der Waals surface area contributed by atoms with Crippen LogP contribution in [0.1, 0.15) is 27.2 Å². The van der Waals surface area contributed by atoms with E-state index in [1.54, 1.807) is 23.1 Å². The molecule has 0 bridgehead atoms. The molecule has 0 fully saturated rings. The number of hydrogen-bond acceptors (Lipinski definition) is 5. The largest absolute Gasteiger partial charge is 0.492 e. The fraction of sp³-hybridized carbons (Fsp3) is 0.438. The summed E-state index contributed by atoms with van der Waals surface area (Å²) in [7, 11) is 0. The summed E-state index contributed by atoms with van der Waals surface area (Å²) in [6, 6.07) is 7.83. The molecule has 0 N–H and O–H groups in total. The molecule has 5 heteroatoms. The molecule has 0 saturated carbocycles. The van der Waals surface area contributed by atoms with Gasteiger partial charge in [-0.2, -0.15) is 0 Å². The molecular weight excluding hydrogens is 302 g/mol. The van der Waals surface area contributed by atoms with E-state index < -0.39 is 0 Å². The summed E-state index contributed by atoms with van der Waals surface area (Å²) in [5.41, 5.74) is 0. The van der Waals surface area contributed by atoms with Crippen LogP contribution in [0.4, 0.5) is 0 Å². The van der Waals surface area contributed by atoms with Gasteiger partial charge in [0.15, 0.2) is 0 Å². The van der Waals surface area contributed by atoms with Crippen LogP contribution in [0.3, 0.4) is 0 Å². The zero-order valence-electron chi connectivity index (χ0n) is 12.6. The Kier molecular flexibility index (Phi) is 6.39. The van der Waals surface area contributed by atoms with E-state index in [2.05, 4.69) is 25.8 Å². The van der Waals surface area contributed by atoms with Gasteiger partial charge >= 0.3 is 0 Å². The quantitative estimate of drug-likeness (QED) is 0.648. The number of hydrogen-bond donors (Lipinski definition) is 0. The van der Waals surface area contributed by atoms with Crippen molar-refractivity contribution in [1.82, 2.24) is 4.98 Å². The predicted octanol–water partition coefficient (Wildman–Crippen LogP) is 4.88. The van der Waals surface area contributed by atoms with Crippen molar-refractivity contribution in [2.24, 2.45) is 0 Å². The summed E-state index contributed by atoms with van der Waals surface area (Å²) in [6.45, 7) is 6.99. The predicted molar refractivity (Wildman–Crippen MR) is 89.8 cm³/mol. The van der Waals surface area contributed by atoms with Gasteiger partial charge < -0.3 is 9.47 Å². The highest BCUT2D eigenvalue weighted by atomic mass is 32.2. The lowest BCUT2D eigenvalue weighted by Crippen LogP contribution is -2.11. The average molecular weight is 323 g/mol. The van der Waals surface area contributed by atoms with E-state index in [-0.39, 0.29) is 6.10 Å². The van der Waals surface area contributed by atoms with Gasteiger partial charge in [-0.1, -0.05) is 18.7 Å². The topological polar surface area (TPSA) is 31.4 Å². The number of aromatic nitrogens is 1. The lowest BCUT2D eigenvalue weighted by Gasteiger charge is -2.14.